The van der Waals surface area contributed by atoms with Crippen LogP contribution in [0.25, 0.3) is 0 Å². The van der Waals surface area contributed by atoms with Crippen molar-refractivity contribution in [3.63, 3.8) is 0 Å². The first kappa shape index (κ1) is 22.7. The van der Waals surface area contributed by atoms with E-state index in [2.05, 4.69) is 10.3 Å². The second kappa shape index (κ2) is 8.94. The van der Waals surface area contributed by atoms with Crippen molar-refractivity contribution < 1.29 is 27.1 Å². The van der Waals surface area contributed by atoms with Crippen LogP contribution in [0.2, 0.25) is 0 Å². The molecule has 1 saturated heterocycles. The van der Waals surface area contributed by atoms with Crippen LogP contribution in [0, 0.1) is 5.82 Å². The molecule has 0 bridgehead atoms. The number of fused-ring (bicyclic) bond motifs is 2. The molecule has 1 N–H and O–H groups in total. The zero-order valence-electron chi connectivity index (χ0n) is 18.3. The average Bonchev–Trinajstić information content (AvgIpc) is 3.01. The Balaban J connectivity index is 1.38. The maximum Gasteiger partial charge on any atom is 0.416 e. The van der Waals surface area contributed by atoms with Gasteiger partial charge in [-0.25, -0.2) is 14.2 Å². The van der Waals surface area contributed by atoms with Gasteiger partial charge in [-0.15, -0.1) is 0 Å². The largest absolute Gasteiger partial charge is 0.454 e. The summed E-state index contributed by atoms with van der Waals surface area (Å²) in [6, 6.07) is 15.5. The molecular formula is C25H20F4N4O2. The lowest BCUT2D eigenvalue weighted by Gasteiger charge is -2.36. The number of hydrogen-bond acceptors (Lipinski definition) is 4. The first-order valence-corrected chi connectivity index (χ1v) is 10.9. The normalized spacial score (nSPS) is 15.4. The Kier molecular flexibility index (Phi) is 5.80. The molecule has 0 aliphatic carbocycles. The predicted molar refractivity (Wildman–Crippen MR) is 123 cm³/mol. The standard InChI is InChI=1S/C25H20F4N4O2/c26-17-6-8-18(9-7-17)30-24(34)33-13-11-32(12-14-33)23-19-3-1-2-4-21(19)35-22-10-5-16(25(27,28)29)15-20(22)31-23/h1-10,15H,11-14H2,(H,30,34). The number of nitrogens with zero attached hydrogens (tertiary/aromatic N) is 3. The highest BCUT2D eigenvalue weighted by Gasteiger charge is 2.33. The fourth-order valence-corrected chi connectivity index (χ4v) is 4.00. The van der Waals surface area contributed by atoms with Crippen LogP contribution in [0.5, 0.6) is 11.5 Å². The molecule has 2 amide bonds. The van der Waals surface area contributed by atoms with E-state index in [4.69, 9.17) is 4.74 Å². The molecule has 3 aromatic rings. The minimum atomic E-state index is -4.51. The number of benzene rings is 3. The van der Waals surface area contributed by atoms with E-state index in [0.29, 0.717) is 49.0 Å². The molecule has 10 heteroatoms. The van der Waals surface area contributed by atoms with Gasteiger partial charge in [-0.3, -0.25) is 0 Å². The Morgan fingerprint density at radius 3 is 2.34 bits per heavy atom. The molecule has 2 aliphatic rings. The maximum absolute atomic E-state index is 13.3. The highest BCUT2D eigenvalue weighted by atomic mass is 19.4. The summed E-state index contributed by atoms with van der Waals surface area (Å²) in [5, 5.41) is 2.74. The van der Waals surface area contributed by atoms with Crippen LogP contribution in [0.4, 0.5) is 33.7 Å². The molecule has 0 atom stereocenters. The van der Waals surface area contributed by atoms with Gasteiger partial charge in [0.2, 0.25) is 0 Å². The number of carbonyl (C=O) groups excluding carboxylic acids is 1. The Morgan fingerprint density at radius 2 is 1.63 bits per heavy atom. The molecule has 1 fully saturated rings. The number of aliphatic imine (C=N–C) groups is 1. The number of ether oxygens (including phenoxy) is 1. The van der Waals surface area contributed by atoms with Crippen molar-refractivity contribution in [3.8, 4) is 11.5 Å². The number of alkyl halides is 3. The summed E-state index contributed by atoms with van der Waals surface area (Å²) in [7, 11) is 0. The summed E-state index contributed by atoms with van der Waals surface area (Å²) in [4.78, 5) is 20.8. The summed E-state index contributed by atoms with van der Waals surface area (Å²) < 4.78 is 58.9. The van der Waals surface area contributed by atoms with Crippen molar-refractivity contribution in [3.05, 3.63) is 83.7 Å². The second-order valence-electron chi connectivity index (χ2n) is 8.13. The van der Waals surface area contributed by atoms with Gasteiger partial charge in [-0.05, 0) is 54.6 Å². The second-order valence-corrected chi connectivity index (χ2v) is 8.13. The van der Waals surface area contributed by atoms with Gasteiger partial charge < -0.3 is 19.9 Å². The molecule has 5 rings (SSSR count). The number of urea groups is 1. The Labute approximate surface area is 198 Å². The number of carbonyl (C=O) groups is 1. The molecule has 0 aromatic heterocycles. The van der Waals surface area contributed by atoms with Gasteiger partial charge in [-0.1, -0.05) is 12.1 Å². The molecule has 0 radical (unpaired) electrons. The van der Waals surface area contributed by atoms with Crippen molar-refractivity contribution in [2.45, 2.75) is 6.18 Å². The van der Waals surface area contributed by atoms with Gasteiger partial charge in [0.25, 0.3) is 0 Å². The maximum atomic E-state index is 13.3. The summed E-state index contributed by atoms with van der Waals surface area (Å²) in [5.41, 5.74) is 0.412. The molecular weight excluding hydrogens is 464 g/mol. The summed E-state index contributed by atoms with van der Waals surface area (Å²) in [6.45, 7) is 1.56. The highest BCUT2D eigenvalue weighted by Crippen LogP contribution is 2.41. The molecule has 35 heavy (non-hydrogen) atoms. The van der Waals surface area contributed by atoms with Gasteiger partial charge in [0.1, 0.15) is 23.1 Å². The molecule has 0 saturated carbocycles. The number of amides is 2. The third-order valence-corrected chi connectivity index (χ3v) is 5.82. The Bertz CT molecular complexity index is 1280. The Hall–Kier alpha value is -4.08. The zero-order chi connectivity index (χ0) is 24.6. The number of halogens is 4. The quantitative estimate of drug-likeness (QED) is 0.439. The number of rotatable bonds is 1. The van der Waals surface area contributed by atoms with Crippen molar-refractivity contribution in [1.29, 1.82) is 0 Å². The number of anilines is 1. The Morgan fingerprint density at radius 1 is 0.914 bits per heavy atom. The van der Waals surface area contributed by atoms with Crippen LogP contribution in [-0.4, -0.2) is 47.8 Å². The van der Waals surface area contributed by atoms with Crippen LogP contribution >= 0.6 is 0 Å². The summed E-state index contributed by atoms with van der Waals surface area (Å²) in [6.07, 6.45) is -4.51. The van der Waals surface area contributed by atoms with Crippen LogP contribution < -0.4 is 10.1 Å². The lowest BCUT2D eigenvalue weighted by molar-refractivity contribution is -0.137. The van der Waals surface area contributed by atoms with E-state index in [1.807, 2.05) is 4.90 Å². The van der Waals surface area contributed by atoms with Crippen LogP contribution in [0.15, 0.2) is 71.7 Å². The number of para-hydroxylation sites is 1. The minimum absolute atomic E-state index is 0.0857. The average molecular weight is 484 g/mol. The molecule has 0 spiro atoms. The highest BCUT2D eigenvalue weighted by molar-refractivity contribution is 6.04. The molecule has 6 nitrogen and oxygen atoms in total. The van der Waals surface area contributed by atoms with E-state index >= 15 is 0 Å². The van der Waals surface area contributed by atoms with Crippen LogP contribution in [0.1, 0.15) is 11.1 Å². The molecule has 2 aliphatic heterocycles. The molecule has 0 unspecified atom stereocenters. The number of nitrogens with one attached hydrogen (secondary N) is 1. The van der Waals surface area contributed by atoms with E-state index in [9.17, 15) is 22.4 Å². The monoisotopic (exact) mass is 484 g/mol. The lowest BCUT2D eigenvalue weighted by Crippen LogP contribution is -2.51. The number of piperazine rings is 1. The van der Waals surface area contributed by atoms with Gasteiger partial charge in [0.05, 0.1) is 11.1 Å². The summed E-state index contributed by atoms with van der Waals surface area (Å²) >= 11 is 0. The minimum Gasteiger partial charge on any atom is -0.454 e. The van der Waals surface area contributed by atoms with Crippen molar-refractivity contribution in [2.24, 2.45) is 4.99 Å². The van der Waals surface area contributed by atoms with Gasteiger partial charge in [-0.2, -0.15) is 13.2 Å². The van der Waals surface area contributed by atoms with Gasteiger partial charge in [0.15, 0.2) is 5.75 Å². The number of hydrogen-bond donors (Lipinski definition) is 1. The van der Waals surface area contributed by atoms with E-state index < -0.39 is 17.6 Å². The molecule has 2 heterocycles. The first-order valence-electron chi connectivity index (χ1n) is 10.9. The topological polar surface area (TPSA) is 57.2 Å². The zero-order valence-corrected chi connectivity index (χ0v) is 18.3. The van der Waals surface area contributed by atoms with E-state index in [1.54, 1.807) is 29.2 Å². The van der Waals surface area contributed by atoms with Crippen molar-refractivity contribution in [1.82, 2.24) is 9.80 Å². The smallest absolute Gasteiger partial charge is 0.416 e. The van der Waals surface area contributed by atoms with Gasteiger partial charge in [0, 0.05) is 31.9 Å². The molecule has 3 aromatic carbocycles. The van der Waals surface area contributed by atoms with Crippen LogP contribution in [-0.2, 0) is 6.18 Å². The van der Waals surface area contributed by atoms with E-state index in [-0.39, 0.29) is 17.5 Å². The fourth-order valence-electron chi connectivity index (χ4n) is 4.00. The van der Waals surface area contributed by atoms with Gasteiger partial charge >= 0.3 is 12.2 Å². The molecule has 180 valence electrons. The van der Waals surface area contributed by atoms with E-state index in [0.717, 1.165) is 12.1 Å². The van der Waals surface area contributed by atoms with Crippen molar-refractivity contribution >= 4 is 23.2 Å². The number of amidine groups is 1. The van der Waals surface area contributed by atoms with Crippen LogP contribution in [0.3, 0.4) is 0 Å². The first-order chi connectivity index (χ1) is 16.8. The van der Waals surface area contributed by atoms with E-state index in [1.165, 1.54) is 30.3 Å². The predicted octanol–water partition coefficient (Wildman–Crippen LogP) is 5.88. The van der Waals surface area contributed by atoms with Crippen molar-refractivity contribution in [2.75, 3.05) is 31.5 Å². The third-order valence-electron chi connectivity index (χ3n) is 5.82. The SMILES string of the molecule is O=C(Nc1ccc(F)cc1)N1CCN(C2=Nc3cc(C(F)(F)F)ccc3Oc3ccccc32)CC1. The third kappa shape index (κ3) is 4.77. The lowest BCUT2D eigenvalue weighted by atomic mass is 10.1. The fraction of sp³-hybridized carbons (Fsp3) is 0.200. The summed E-state index contributed by atoms with van der Waals surface area (Å²) in [5.74, 6) is 0.810.